The van der Waals surface area contributed by atoms with Gasteiger partial charge in [0.1, 0.15) is 28.8 Å². The first-order chi connectivity index (χ1) is 16.3. The van der Waals surface area contributed by atoms with Gasteiger partial charge >= 0.3 is 5.97 Å². The van der Waals surface area contributed by atoms with Gasteiger partial charge in [-0.25, -0.2) is 9.78 Å². The van der Waals surface area contributed by atoms with E-state index in [1.165, 1.54) is 28.0 Å². The molecule has 12 heteroatoms. The van der Waals surface area contributed by atoms with Crippen LogP contribution >= 0.6 is 23.1 Å². The van der Waals surface area contributed by atoms with Gasteiger partial charge in [0.05, 0.1) is 0 Å². The van der Waals surface area contributed by atoms with Crippen molar-refractivity contribution < 1.29 is 24.3 Å². The second-order valence-corrected chi connectivity index (χ2v) is 13.4. The lowest BCUT2D eigenvalue weighted by molar-refractivity contribution is -0.160. The summed E-state index contributed by atoms with van der Waals surface area (Å²) in [5.74, 6) is -1.10. The molecule has 35 heavy (non-hydrogen) atoms. The van der Waals surface area contributed by atoms with Crippen molar-refractivity contribution in [3.63, 3.8) is 0 Å². The van der Waals surface area contributed by atoms with Gasteiger partial charge in [-0.05, 0) is 46.5 Å². The lowest BCUT2D eigenvalue weighted by atomic mass is 9.75. The van der Waals surface area contributed by atoms with Crippen LogP contribution in [0, 0.1) is 11.8 Å². The molecule has 1 saturated carbocycles. The molecule has 3 heterocycles. The predicted molar refractivity (Wildman–Crippen MR) is 135 cm³/mol. The Kier molecular flexibility index (Phi) is 6.82. The molecule has 192 valence electrons. The van der Waals surface area contributed by atoms with E-state index < -0.39 is 45.6 Å². The standard InChI is InChI=1S/C23H33N5O5S2/c1-11-6-8-12(9-7-11)22(2,3)33-27-14(13-10-34-21(24)25-13)17(29)26-15-18(30)28-16(20(31)32)23(4,5)35-19(15)28/h10-12,15-16,19H,6-9H2,1-5H3,(H2,24,25)(H,26,29)(H,31,32)/b27-14-/t11?,12?,15-,16-,19+/m0/s1. The molecule has 3 atom stereocenters. The molecule has 4 rings (SSSR count). The molecule has 0 unspecified atom stereocenters. The highest BCUT2D eigenvalue weighted by Gasteiger charge is 2.64. The number of β-lactam (4-membered cyclic amide) rings is 1. The van der Waals surface area contributed by atoms with Crippen LogP contribution in [0.25, 0.3) is 0 Å². The molecule has 4 N–H and O–H groups in total. The minimum absolute atomic E-state index is 0.0569. The summed E-state index contributed by atoms with van der Waals surface area (Å²) in [6.45, 7) is 9.77. The number of hydrogen-bond donors (Lipinski definition) is 3. The van der Waals surface area contributed by atoms with Crippen molar-refractivity contribution in [2.45, 2.75) is 88.1 Å². The Morgan fingerprint density at radius 3 is 2.54 bits per heavy atom. The number of thioether (sulfide) groups is 1. The number of carbonyl (C=O) groups excluding carboxylic acids is 2. The van der Waals surface area contributed by atoms with E-state index in [4.69, 9.17) is 10.6 Å². The average Bonchev–Trinajstić information content (AvgIpc) is 3.30. The van der Waals surface area contributed by atoms with E-state index in [9.17, 15) is 19.5 Å². The Hall–Kier alpha value is -2.34. The second kappa shape index (κ2) is 9.27. The van der Waals surface area contributed by atoms with Gasteiger partial charge in [-0.15, -0.1) is 23.1 Å². The molecular weight excluding hydrogens is 490 g/mol. The number of anilines is 1. The summed E-state index contributed by atoms with van der Waals surface area (Å²) in [6.07, 6.45) is 4.32. The molecular formula is C23H33N5O5S2. The van der Waals surface area contributed by atoms with Crippen molar-refractivity contribution in [3.8, 4) is 0 Å². The smallest absolute Gasteiger partial charge is 0.327 e. The van der Waals surface area contributed by atoms with Crippen molar-refractivity contribution in [3.05, 3.63) is 11.1 Å². The monoisotopic (exact) mass is 523 g/mol. The maximum Gasteiger partial charge on any atom is 0.327 e. The van der Waals surface area contributed by atoms with Crippen LogP contribution in [0.4, 0.5) is 5.13 Å². The van der Waals surface area contributed by atoms with Crippen LogP contribution in [0.2, 0.25) is 0 Å². The number of aliphatic carboxylic acids is 1. The molecule has 2 aliphatic heterocycles. The number of thiazole rings is 1. The van der Waals surface area contributed by atoms with E-state index in [0.29, 0.717) is 11.8 Å². The van der Waals surface area contributed by atoms with Gasteiger partial charge < -0.3 is 25.9 Å². The number of nitrogens with two attached hydrogens (primary N) is 1. The number of oxime groups is 1. The summed E-state index contributed by atoms with van der Waals surface area (Å²) in [6, 6.07) is -1.81. The number of rotatable bonds is 7. The fraction of sp³-hybridized carbons (Fsp3) is 0.696. The van der Waals surface area contributed by atoms with Crippen LogP contribution in [0.1, 0.15) is 66.0 Å². The van der Waals surface area contributed by atoms with E-state index in [1.54, 1.807) is 19.2 Å². The third-order valence-electron chi connectivity index (χ3n) is 7.31. The zero-order valence-corrected chi connectivity index (χ0v) is 22.2. The second-order valence-electron chi connectivity index (χ2n) is 10.7. The zero-order valence-electron chi connectivity index (χ0n) is 20.6. The van der Waals surface area contributed by atoms with E-state index in [2.05, 4.69) is 22.4 Å². The van der Waals surface area contributed by atoms with Gasteiger partial charge in [0, 0.05) is 16.0 Å². The van der Waals surface area contributed by atoms with Crippen molar-refractivity contribution in [1.29, 1.82) is 0 Å². The minimum Gasteiger partial charge on any atom is -0.480 e. The molecule has 10 nitrogen and oxygen atoms in total. The molecule has 1 aromatic heterocycles. The number of amides is 2. The van der Waals surface area contributed by atoms with Crippen molar-refractivity contribution in [2.24, 2.45) is 17.0 Å². The molecule has 0 bridgehead atoms. The third-order valence-corrected chi connectivity index (χ3v) is 9.56. The summed E-state index contributed by atoms with van der Waals surface area (Å²) >= 11 is 2.54. The zero-order chi connectivity index (χ0) is 25.7. The number of carboxylic acid groups (broad SMARTS) is 1. The Bertz CT molecular complexity index is 1050. The van der Waals surface area contributed by atoms with Crippen molar-refractivity contribution >= 4 is 51.7 Å². The van der Waals surface area contributed by atoms with Crippen molar-refractivity contribution in [1.82, 2.24) is 15.2 Å². The Balaban J connectivity index is 1.52. The fourth-order valence-corrected chi connectivity index (χ4v) is 7.32. The molecule has 2 saturated heterocycles. The molecule has 3 aliphatic rings. The predicted octanol–water partition coefficient (Wildman–Crippen LogP) is 2.68. The molecule has 0 spiro atoms. The SMILES string of the molecule is CC1CCC(C(C)(C)O/N=C(\C(=O)N[C@H]2C(=O)N3[C@@H]2SC(C)(C)[C@@H]3C(=O)O)c2csc(N)n2)CC1. The Morgan fingerprint density at radius 2 is 1.97 bits per heavy atom. The fourth-order valence-electron chi connectivity index (χ4n) is 5.15. The number of fused-ring (bicyclic) bond motifs is 1. The topological polar surface area (TPSA) is 147 Å². The van der Waals surface area contributed by atoms with E-state index in [0.717, 1.165) is 25.7 Å². The van der Waals surface area contributed by atoms with Crippen LogP contribution in [-0.2, 0) is 19.2 Å². The summed E-state index contributed by atoms with van der Waals surface area (Å²) in [4.78, 5) is 49.4. The summed E-state index contributed by atoms with van der Waals surface area (Å²) in [5.41, 5.74) is 5.42. The van der Waals surface area contributed by atoms with Crippen LogP contribution < -0.4 is 11.1 Å². The average molecular weight is 524 g/mol. The summed E-state index contributed by atoms with van der Waals surface area (Å²) in [7, 11) is 0. The highest BCUT2D eigenvalue weighted by atomic mass is 32.2. The first-order valence-corrected chi connectivity index (χ1v) is 13.6. The first kappa shape index (κ1) is 25.7. The van der Waals surface area contributed by atoms with Crippen LogP contribution in [0.5, 0.6) is 0 Å². The van der Waals surface area contributed by atoms with Gasteiger partial charge in [0.25, 0.3) is 5.91 Å². The maximum absolute atomic E-state index is 13.3. The number of carboxylic acids is 1. The van der Waals surface area contributed by atoms with Gasteiger partial charge in [-0.1, -0.05) is 24.9 Å². The number of nitrogens with one attached hydrogen (secondary N) is 1. The Labute approximate surface area is 213 Å². The lowest BCUT2D eigenvalue weighted by Gasteiger charge is -2.43. The molecule has 1 aliphatic carbocycles. The third kappa shape index (κ3) is 4.87. The maximum atomic E-state index is 13.3. The van der Waals surface area contributed by atoms with E-state index in [1.807, 2.05) is 13.8 Å². The normalized spacial score (nSPS) is 30.4. The number of nitrogen functional groups attached to an aromatic ring is 1. The lowest BCUT2D eigenvalue weighted by Crippen LogP contribution is -2.71. The molecule has 1 aromatic rings. The van der Waals surface area contributed by atoms with E-state index in [-0.39, 0.29) is 16.5 Å². The minimum atomic E-state index is -1.06. The molecule has 3 fully saturated rings. The quantitative estimate of drug-likeness (QED) is 0.281. The van der Waals surface area contributed by atoms with Crippen LogP contribution in [-0.4, -0.2) is 66.3 Å². The van der Waals surface area contributed by atoms with Gasteiger partial charge in [-0.3, -0.25) is 9.59 Å². The van der Waals surface area contributed by atoms with Gasteiger partial charge in [0.2, 0.25) is 5.91 Å². The van der Waals surface area contributed by atoms with Crippen molar-refractivity contribution in [2.75, 3.05) is 5.73 Å². The van der Waals surface area contributed by atoms with Crippen LogP contribution in [0.15, 0.2) is 10.5 Å². The number of carbonyl (C=O) groups is 3. The number of nitrogens with zero attached hydrogens (tertiary/aromatic N) is 3. The summed E-state index contributed by atoms with van der Waals surface area (Å²) in [5, 5.41) is 18.0. The van der Waals surface area contributed by atoms with Crippen LogP contribution in [0.3, 0.4) is 0 Å². The first-order valence-electron chi connectivity index (χ1n) is 11.8. The number of aromatic nitrogens is 1. The summed E-state index contributed by atoms with van der Waals surface area (Å²) < 4.78 is -0.684. The highest BCUT2D eigenvalue weighted by Crippen LogP contribution is 2.50. The molecule has 0 aromatic carbocycles. The highest BCUT2D eigenvalue weighted by molar-refractivity contribution is 8.01. The number of hydrogen-bond acceptors (Lipinski definition) is 9. The molecule has 2 amide bonds. The largest absolute Gasteiger partial charge is 0.480 e. The van der Waals surface area contributed by atoms with Gasteiger partial charge in [0.15, 0.2) is 10.8 Å². The Morgan fingerprint density at radius 1 is 1.31 bits per heavy atom. The van der Waals surface area contributed by atoms with Gasteiger partial charge in [-0.2, -0.15) is 0 Å². The van der Waals surface area contributed by atoms with E-state index >= 15 is 0 Å². The molecule has 0 radical (unpaired) electrons.